The van der Waals surface area contributed by atoms with Crippen molar-refractivity contribution < 1.29 is 9.90 Å². The van der Waals surface area contributed by atoms with Gasteiger partial charge in [0.2, 0.25) is 0 Å². The predicted molar refractivity (Wildman–Crippen MR) is 60.7 cm³/mol. The van der Waals surface area contributed by atoms with E-state index in [-0.39, 0.29) is 5.69 Å². The smallest absolute Gasteiger partial charge is 0.356 e. The second kappa shape index (κ2) is 3.97. The van der Waals surface area contributed by atoms with Crippen molar-refractivity contribution in [2.24, 2.45) is 7.05 Å². The lowest BCUT2D eigenvalue weighted by Gasteiger charge is -2.04. The number of aryl methyl sites for hydroxylation is 2. The summed E-state index contributed by atoms with van der Waals surface area (Å²) in [6.07, 6.45) is 1.70. The van der Waals surface area contributed by atoms with Crippen molar-refractivity contribution in [2.75, 3.05) is 0 Å². The molecule has 0 aliphatic heterocycles. The zero-order valence-electron chi connectivity index (χ0n) is 9.80. The molecular weight excluding hydrogens is 220 g/mol. The zero-order chi connectivity index (χ0) is 12.6. The summed E-state index contributed by atoms with van der Waals surface area (Å²) < 4.78 is 1.73. The number of aromatic carboxylic acids is 1. The summed E-state index contributed by atoms with van der Waals surface area (Å²) in [4.78, 5) is 10.9. The Balaban J connectivity index is 2.62. The van der Waals surface area contributed by atoms with Gasteiger partial charge in [-0.1, -0.05) is 0 Å². The van der Waals surface area contributed by atoms with Crippen molar-refractivity contribution >= 4 is 5.97 Å². The first kappa shape index (κ1) is 11.3. The number of carboxylic acids is 1. The molecule has 2 aromatic rings. The van der Waals surface area contributed by atoms with E-state index in [0.717, 1.165) is 16.8 Å². The lowest BCUT2D eigenvalue weighted by molar-refractivity contribution is 0.0689. The second-order valence-electron chi connectivity index (χ2n) is 3.80. The molecule has 6 nitrogen and oxygen atoms in total. The third kappa shape index (κ3) is 1.89. The summed E-state index contributed by atoms with van der Waals surface area (Å²) in [5.41, 5.74) is 3.21. The fraction of sp³-hybridized carbons (Fsp3) is 0.273. The molecule has 0 fully saturated rings. The van der Waals surface area contributed by atoms with Gasteiger partial charge in [0.05, 0.1) is 11.9 Å². The van der Waals surface area contributed by atoms with E-state index in [1.807, 2.05) is 14.0 Å². The van der Waals surface area contributed by atoms with Gasteiger partial charge < -0.3 is 5.11 Å². The molecule has 0 saturated heterocycles. The van der Waals surface area contributed by atoms with Crippen LogP contribution in [-0.4, -0.2) is 31.1 Å². The fourth-order valence-electron chi connectivity index (χ4n) is 1.59. The lowest BCUT2D eigenvalue weighted by atomic mass is 10.1. The molecule has 0 unspecified atom stereocenters. The minimum atomic E-state index is -1.08. The molecule has 0 aromatic carbocycles. The molecule has 2 heterocycles. The van der Waals surface area contributed by atoms with Crippen LogP contribution < -0.4 is 0 Å². The first-order valence-corrected chi connectivity index (χ1v) is 5.07. The molecule has 6 heteroatoms. The van der Waals surface area contributed by atoms with Crippen LogP contribution in [0.2, 0.25) is 0 Å². The van der Waals surface area contributed by atoms with Gasteiger partial charge in [0, 0.05) is 23.9 Å². The third-order valence-electron chi connectivity index (χ3n) is 2.72. The van der Waals surface area contributed by atoms with E-state index in [0.29, 0.717) is 5.69 Å². The normalized spacial score (nSPS) is 10.5. The van der Waals surface area contributed by atoms with Crippen LogP contribution in [0.4, 0.5) is 0 Å². The molecule has 0 bridgehead atoms. The van der Waals surface area contributed by atoms with Crippen LogP contribution in [0.25, 0.3) is 11.1 Å². The predicted octanol–water partition coefficient (Wildman–Crippen LogP) is 1.19. The minimum Gasteiger partial charge on any atom is -0.476 e. The molecule has 0 atom stereocenters. The van der Waals surface area contributed by atoms with E-state index >= 15 is 0 Å². The van der Waals surface area contributed by atoms with E-state index in [9.17, 15) is 4.79 Å². The SMILES string of the molecule is Cc1nnc(C(=O)O)cc1-c1cnn(C)c1C. The Labute approximate surface area is 97.9 Å². The van der Waals surface area contributed by atoms with Crippen LogP contribution >= 0.6 is 0 Å². The Morgan fingerprint density at radius 3 is 2.53 bits per heavy atom. The highest BCUT2D eigenvalue weighted by molar-refractivity contribution is 5.87. The van der Waals surface area contributed by atoms with Crippen molar-refractivity contribution in [2.45, 2.75) is 13.8 Å². The number of carbonyl (C=O) groups is 1. The van der Waals surface area contributed by atoms with Crippen LogP contribution in [0.1, 0.15) is 21.9 Å². The highest BCUT2D eigenvalue weighted by Gasteiger charge is 2.14. The average molecular weight is 232 g/mol. The number of aromatic nitrogens is 4. The van der Waals surface area contributed by atoms with Gasteiger partial charge in [0.25, 0.3) is 0 Å². The Bertz CT molecular complexity index is 589. The number of hydrogen-bond donors (Lipinski definition) is 1. The summed E-state index contributed by atoms with van der Waals surface area (Å²) in [5.74, 6) is -1.08. The van der Waals surface area contributed by atoms with Crippen LogP contribution in [0.5, 0.6) is 0 Å². The van der Waals surface area contributed by atoms with Gasteiger partial charge in [-0.2, -0.15) is 10.2 Å². The van der Waals surface area contributed by atoms with E-state index in [1.54, 1.807) is 17.8 Å². The topological polar surface area (TPSA) is 80.9 Å². The molecule has 0 saturated carbocycles. The summed E-state index contributed by atoms with van der Waals surface area (Å²) >= 11 is 0. The maximum Gasteiger partial charge on any atom is 0.356 e. The molecule has 0 radical (unpaired) electrons. The van der Waals surface area contributed by atoms with Gasteiger partial charge in [0.15, 0.2) is 5.69 Å². The maximum absolute atomic E-state index is 10.9. The van der Waals surface area contributed by atoms with Crippen LogP contribution in [0.3, 0.4) is 0 Å². The van der Waals surface area contributed by atoms with Crippen LogP contribution in [0.15, 0.2) is 12.3 Å². The number of rotatable bonds is 2. The number of nitrogens with zero attached hydrogens (tertiary/aromatic N) is 4. The van der Waals surface area contributed by atoms with Gasteiger partial charge in [-0.15, -0.1) is 5.10 Å². The average Bonchev–Trinajstić information content (AvgIpc) is 2.60. The summed E-state index contributed by atoms with van der Waals surface area (Å²) in [5, 5.41) is 20.5. The lowest BCUT2D eigenvalue weighted by Crippen LogP contribution is -2.04. The van der Waals surface area contributed by atoms with Gasteiger partial charge in [-0.05, 0) is 19.9 Å². The largest absolute Gasteiger partial charge is 0.476 e. The van der Waals surface area contributed by atoms with Crippen molar-refractivity contribution in [1.29, 1.82) is 0 Å². The van der Waals surface area contributed by atoms with Crippen molar-refractivity contribution in [3.63, 3.8) is 0 Å². The summed E-state index contributed by atoms with van der Waals surface area (Å²) in [6, 6.07) is 1.52. The molecule has 88 valence electrons. The summed E-state index contributed by atoms with van der Waals surface area (Å²) in [6.45, 7) is 3.71. The Kier molecular flexibility index (Phi) is 2.63. The van der Waals surface area contributed by atoms with Crippen LogP contribution in [-0.2, 0) is 7.05 Å². The number of hydrogen-bond acceptors (Lipinski definition) is 4. The maximum atomic E-state index is 10.9. The molecule has 0 aliphatic rings. The highest BCUT2D eigenvalue weighted by atomic mass is 16.4. The van der Waals surface area contributed by atoms with Crippen molar-refractivity contribution in [3.8, 4) is 11.1 Å². The zero-order valence-corrected chi connectivity index (χ0v) is 9.80. The third-order valence-corrected chi connectivity index (χ3v) is 2.72. The van der Waals surface area contributed by atoms with Crippen molar-refractivity contribution in [1.82, 2.24) is 20.0 Å². The highest BCUT2D eigenvalue weighted by Crippen LogP contribution is 2.25. The monoisotopic (exact) mass is 232 g/mol. The first-order valence-electron chi connectivity index (χ1n) is 5.07. The van der Waals surface area contributed by atoms with Gasteiger partial charge in [-0.3, -0.25) is 4.68 Å². The second-order valence-corrected chi connectivity index (χ2v) is 3.80. The van der Waals surface area contributed by atoms with Gasteiger partial charge in [-0.25, -0.2) is 4.79 Å². The Hall–Kier alpha value is -2.24. The van der Waals surface area contributed by atoms with Gasteiger partial charge >= 0.3 is 5.97 Å². The summed E-state index contributed by atoms with van der Waals surface area (Å²) in [7, 11) is 1.83. The Morgan fingerprint density at radius 1 is 1.29 bits per heavy atom. The molecule has 2 rings (SSSR count). The molecular formula is C11H12N4O2. The standard InChI is InChI=1S/C11H12N4O2/c1-6-8(4-10(11(16)17)14-13-6)9-5-12-15(3)7(9)2/h4-5H,1-3H3,(H,16,17). The molecule has 17 heavy (non-hydrogen) atoms. The Morgan fingerprint density at radius 2 is 2.00 bits per heavy atom. The molecule has 0 spiro atoms. The fourth-order valence-corrected chi connectivity index (χ4v) is 1.59. The van der Waals surface area contributed by atoms with E-state index in [2.05, 4.69) is 15.3 Å². The molecule has 2 aromatic heterocycles. The minimum absolute atomic E-state index is 0.0612. The molecule has 0 aliphatic carbocycles. The van der Waals surface area contributed by atoms with Gasteiger partial charge in [0.1, 0.15) is 0 Å². The first-order chi connectivity index (χ1) is 8.00. The van der Waals surface area contributed by atoms with E-state index in [1.165, 1.54) is 6.07 Å². The molecule has 0 amide bonds. The quantitative estimate of drug-likeness (QED) is 0.841. The number of carboxylic acid groups (broad SMARTS) is 1. The van der Waals surface area contributed by atoms with Crippen LogP contribution in [0, 0.1) is 13.8 Å². The molecule has 1 N–H and O–H groups in total. The van der Waals surface area contributed by atoms with Crippen molar-refractivity contribution in [3.05, 3.63) is 29.3 Å². The van der Waals surface area contributed by atoms with E-state index in [4.69, 9.17) is 5.11 Å². The van der Waals surface area contributed by atoms with E-state index < -0.39 is 5.97 Å².